The molecule has 0 fully saturated rings. The molecule has 0 aliphatic carbocycles. The Morgan fingerprint density at radius 2 is 1.93 bits per heavy atom. The molecule has 2 nitrogen and oxygen atoms in total. The summed E-state index contributed by atoms with van der Waals surface area (Å²) in [6, 6.07) is 2.36. The van der Waals surface area contributed by atoms with E-state index in [9.17, 15) is 18.0 Å². The number of benzene rings is 1. The van der Waals surface area contributed by atoms with Gasteiger partial charge in [-0.05, 0) is 18.2 Å². The first-order valence-electron chi connectivity index (χ1n) is 4.29. The predicted molar refractivity (Wildman–Crippen MR) is 47.7 cm³/mol. The Morgan fingerprint density at radius 1 is 1.33 bits per heavy atom. The molecule has 0 atom stereocenters. The Kier molecular flexibility index (Phi) is 3.02. The van der Waals surface area contributed by atoms with Crippen molar-refractivity contribution in [2.75, 3.05) is 0 Å². The molecule has 1 rings (SSSR count). The van der Waals surface area contributed by atoms with Gasteiger partial charge in [-0.15, -0.1) is 0 Å². The van der Waals surface area contributed by atoms with Crippen LogP contribution in [0.2, 0.25) is 0 Å². The van der Waals surface area contributed by atoms with E-state index >= 15 is 0 Å². The first-order chi connectivity index (χ1) is 6.84. The van der Waals surface area contributed by atoms with Gasteiger partial charge in [0, 0.05) is 12.0 Å². The highest BCUT2D eigenvalue weighted by atomic mass is 19.4. The fourth-order valence-corrected chi connectivity index (χ4v) is 1.14. The van der Waals surface area contributed by atoms with Crippen LogP contribution >= 0.6 is 0 Å². The normalized spacial score (nSPS) is 11.5. The summed E-state index contributed by atoms with van der Waals surface area (Å²) in [7, 11) is 0. The summed E-state index contributed by atoms with van der Waals surface area (Å²) in [6.07, 6.45) is -4.46. The molecule has 1 aromatic carbocycles. The molecule has 82 valence electrons. The third-order valence-electron chi connectivity index (χ3n) is 1.89. The average molecular weight is 218 g/mol. The molecular weight excluding hydrogens is 209 g/mol. The highest BCUT2D eigenvalue weighted by Crippen LogP contribution is 2.32. The minimum absolute atomic E-state index is 0.0980. The van der Waals surface area contributed by atoms with Gasteiger partial charge in [-0.2, -0.15) is 13.2 Å². The summed E-state index contributed by atoms with van der Waals surface area (Å²) in [5.41, 5.74) is -1.14. The fraction of sp³-hybridized carbons (Fsp3) is 0.300. The van der Waals surface area contributed by atoms with Gasteiger partial charge in [0.2, 0.25) is 0 Å². The lowest BCUT2D eigenvalue weighted by molar-refractivity contribution is -0.137. The highest BCUT2D eigenvalue weighted by molar-refractivity contribution is 5.96. The van der Waals surface area contributed by atoms with E-state index in [1.807, 2.05) is 0 Å². The molecule has 0 aromatic heterocycles. The van der Waals surface area contributed by atoms with Crippen LogP contribution in [0.1, 0.15) is 29.3 Å². The van der Waals surface area contributed by atoms with Crippen molar-refractivity contribution in [1.29, 1.82) is 0 Å². The summed E-state index contributed by atoms with van der Waals surface area (Å²) >= 11 is 0. The summed E-state index contributed by atoms with van der Waals surface area (Å²) in [5.74, 6) is -0.988. The van der Waals surface area contributed by atoms with E-state index in [0.717, 1.165) is 12.1 Å². The maximum absolute atomic E-state index is 12.3. The highest BCUT2D eigenvalue weighted by Gasteiger charge is 2.31. The first-order valence-corrected chi connectivity index (χ1v) is 4.29. The Bertz CT molecular complexity index is 383. The molecule has 0 unspecified atom stereocenters. The average Bonchev–Trinajstić information content (AvgIpc) is 2.14. The van der Waals surface area contributed by atoms with E-state index in [1.165, 1.54) is 0 Å². The van der Waals surface area contributed by atoms with Crippen molar-refractivity contribution in [3.8, 4) is 5.75 Å². The molecule has 0 saturated carbocycles. The predicted octanol–water partition coefficient (Wildman–Crippen LogP) is 3.00. The van der Waals surface area contributed by atoms with Crippen molar-refractivity contribution in [3.05, 3.63) is 29.3 Å². The van der Waals surface area contributed by atoms with Crippen LogP contribution in [-0.2, 0) is 6.18 Å². The van der Waals surface area contributed by atoms with Gasteiger partial charge in [0.25, 0.3) is 0 Å². The molecular formula is C10H9F3O2. The Balaban J connectivity index is 3.23. The van der Waals surface area contributed by atoms with Gasteiger partial charge in [0.1, 0.15) is 5.75 Å². The minimum atomic E-state index is -4.55. The van der Waals surface area contributed by atoms with E-state index in [4.69, 9.17) is 5.11 Å². The molecule has 15 heavy (non-hydrogen) atoms. The van der Waals surface area contributed by atoms with E-state index in [-0.39, 0.29) is 12.0 Å². The number of phenolic OH excluding ortho intramolecular Hbond substituents is 1. The lowest BCUT2D eigenvalue weighted by Gasteiger charge is -2.08. The third kappa shape index (κ3) is 2.71. The minimum Gasteiger partial charge on any atom is -0.508 e. The molecule has 0 spiro atoms. The molecule has 1 aromatic rings. The quantitative estimate of drug-likeness (QED) is 0.774. The molecule has 0 radical (unpaired) electrons. The number of carbonyl (C=O) groups excluding carboxylic acids is 1. The van der Waals surface area contributed by atoms with E-state index in [1.54, 1.807) is 6.92 Å². The zero-order chi connectivity index (χ0) is 11.6. The van der Waals surface area contributed by atoms with Crippen LogP contribution < -0.4 is 0 Å². The van der Waals surface area contributed by atoms with Gasteiger partial charge in [-0.3, -0.25) is 4.79 Å². The molecule has 0 bridgehead atoms. The number of ketones is 1. The largest absolute Gasteiger partial charge is 0.508 e. The summed E-state index contributed by atoms with van der Waals surface area (Å²) < 4.78 is 36.9. The van der Waals surface area contributed by atoms with Gasteiger partial charge in [0.05, 0.1) is 5.56 Å². The van der Waals surface area contributed by atoms with E-state index < -0.39 is 23.3 Å². The Hall–Kier alpha value is -1.52. The second-order valence-electron chi connectivity index (χ2n) is 3.04. The lowest BCUT2D eigenvalue weighted by atomic mass is 10.0. The number of aromatic hydroxyl groups is 1. The standard InChI is InChI=1S/C10H9F3O2/c1-2-9(15)6-3-7(10(11,12)13)5-8(14)4-6/h3-5,14H,2H2,1H3. The van der Waals surface area contributed by atoms with Gasteiger partial charge in [0.15, 0.2) is 5.78 Å². The van der Waals surface area contributed by atoms with Crippen molar-refractivity contribution < 1.29 is 23.1 Å². The van der Waals surface area contributed by atoms with Crippen LogP contribution in [0.4, 0.5) is 13.2 Å². The molecule has 0 aliphatic heterocycles. The summed E-state index contributed by atoms with van der Waals surface area (Å²) in [5, 5.41) is 9.05. The van der Waals surface area contributed by atoms with Gasteiger partial charge in [-0.1, -0.05) is 6.92 Å². The van der Waals surface area contributed by atoms with Crippen molar-refractivity contribution in [1.82, 2.24) is 0 Å². The second kappa shape index (κ2) is 3.92. The molecule has 5 heteroatoms. The number of alkyl halides is 3. The number of carbonyl (C=O) groups is 1. The van der Waals surface area contributed by atoms with Crippen LogP contribution in [0, 0.1) is 0 Å². The third-order valence-corrected chi connectivity index (χ3v) is 1.89. The second-order valence-corrected chi connectivity index (χ2v) is 3.04. The first kappa shape index (κ1) is 11.6. The van der Waals surface area contributed by atoms with Gasteiger partial charge >= 0.3 is 6.18 Å². The number of rotatable bonds is 2. The summed E-state index contributed by atoms with van der Waals surface area (Å²) in [6.45, 7) is 1.54. The number of phenols is 1. The van der Waals surface area contributed by atoms with Crippen LogP contribution in [0.5, 0.6) is 5.75 Å². The van der Waals surface area contributed by atoms with Crippen LogP contribution in [0.15, 0.2) is 18.2 Å². The molecule has 0 amide bonds. The number of halogens is 3. The summed E-state index contributed by atoms with van der Waals surface area (Å²) in [4.78, 5) is 11.2. The molecule has 1 N–H and O–H groups in total. The zero-order valence-corrected chi connectivity index (χ0v) is 7.93. The van der Waals surface area contributed by atoms with Gasteiger partial charge < -0.3 is 5.11 Å². The van der Waals surface area contributed by atoms with E-state index in [0.29, 0.717) is 6.07 Å². The SMILES string of the molecule is CCC(=O)c1cc(O)cc(C(F)(F)F)c1. The zero-order valence-electron chi connectivity index (χ0n) is 7.93. The number of hydrogen-bond acceptors (Lipinski definition) is 2. The number of Topliss-reactive ketones (excluding diaryl/α,β-unsaturated/α-hetero) is 1. The van der Waals surface area contributed by atoms with E-state index in [2.05, 4.69) is 0 Å². The van der Waals surface area contributed by atoms with Crippen LogP contribution in [-0.4, -0.2) is 10.9 Å². The van der Waals surface area contributed by atoms with Gasteiger partial charge in [-0.25, -0.2) is 0 Å². The fourth-order valence-electron chi connectivity index (χ4n) is 1.14. The Labute approximate surface area is 84.3 Å². The monoisotopic (exact) mass is 218 g/mol. The molecule has 0 heterocycles. The van der Waals surface area contributed by atoms with Crippen molar-refractivity contribution in [3.63, 3.8) is 0 Å². The van der Waals surface area contributed by atoms with Crippen LogP contribution in [0.3, 0.4) is 0 Å². The maximum Gasteiger partial charge on any atom is 0.416 e. The molecule has 0 aliphatic rings. The van der Waals surface area contributed by atoms with Crippen molar-refractivity contribution in [2.24, 2.45) is 0 Å². The topological polar surface area (TPSA) is 37.3 Å². The van der Waals surface area contributed by atoms with Crippen molar-refractivity contribution >= 4 is 5.78 Å². The smallest absolute Gasteiger partial charge is 0.416 e. The number of hydrogen-bond donors (Lipinski definition) is 1. The molecule has 0 saturated heterocycles. The maximum atomic E-state index is 12.3. The van der Waals surface area contributed by atoms with Crippen LogP contribution in [0.25, 0.3) is 0 Å². The van der Waals surface area contributed by atoms with Crippen molar-refractivity contribution in [2.45, 2.75) is 19.5 Å². The lowest BCUT2D eigenvalue weighted by Crippen LogP contribution is -2.07. The Morgan fingerprint density at radius 3 is 2.40 bits per heavy atom.